The third kappa shape index (κ3) is 2.67. The lowest BCUT2D eigenvalue weighted by atomic mass is 9.86. The van der Waals surface area contributed by atoms with Gasteiger partial charge in [0.15, 0.2) is 0 Å². The molecule has 2 fully saturated rings. The minimum Gasteiger partial charge on any atom is -0.374 e. The van der Waals surface area contributed by atoms with Gasteiger partial charge in [-0.3, -0.25) is 0 Å². The van der Waals surface area contributed by atoms with Crippen LogP contribution in [-0.4, -0.2) is 24.7 Å². The summed E-state index contributed by atoms with van der Waals surface area (Å²) in [7, 11) is -1.10. The largest absolute Gasteiger partial charge is 0.374 e. The number of hydrogen-bond acceptors (Lipinski definition) is 1. The highest BCUT2D eigenvalue weighted by Gasteiger charge is 2.42. The fourth-order valence-corrected chi connectivity index (χ4v) is 4.62. The molecule has 3 heteroatoms. The molecule has 0 aromatic heterocycles. The zero-order valence-electron chi connectivity index (χ0n) is 10.1. The first kappa shape index (κ1) is 12.1. The fraction of sp³-hybridized carbons (Fsp3) is 1.00. The Morgan fingerprint density at radius 1 is 1.20 bits per heavy atom. The quantitative estimate of drug-likeness (QED) is 0.552. The molecule has 1 saturated carbocycles. The Balaban J connectivity index is 1.96. The van der Waals surface area contributed by atoms with Crippen molar-refractivity contribution in [2.75, 3.05) is 0 Å². The Morgan fingerprint density at radius 3 is 2.47 bits per heavy atom. The van der Waals surface area contributed by atoms with Crippen molar-refractivity contribution in [1.82, 2.24) is 0 Å². The van der Waals surface area contributed by atoms with E-state index in [1.165, 1.54) is 32.1 Å². The monoisotopic (exact) mass is 290 g/mol. The van der Waals surface area contributed by atoms with E-state index in [1.807, 2.05) is 0 Å². The summed E-state index contributed by atoms with van der Waals surface area (Å²) in [5.41, 5.74) is 0. The van der Waals surface area contributed by atoms with E-state index in [9.17, 15) is 0 Å². The predicted octanol–water partition coefficient (Wildman–Crippen LogP) is 3.98. The van der Waals surface area contributed by atoms with Crippen LogP contribution in [0.3, 0.4) is 0 Å². The van der Waals surface area contributed by atoms with Crippen molar-refractivity contribution in [2.45, 2.75) is 68.4 Å². The lowest BCUT2D eigenvalue weighted by molar-refractivity contribution is 0.0252. The van der Waals surface area contributed by atoms with Crippen molar-refractivity contribution in [3.8, 4) is 0 Å². The van der Waals surface area contributed by atoms with Crippen molar-refractivity contribution in [3.63, 3.8) is 0 Å². The van der Waals surface area contributed by atoms with E-state index in [1.54, 1.807) is 0 Å². The molecule has 0 aromatic rings. The number of hydrogen-bond donors (Lipinski definition) is 0. The van der Waals surface area contributed by atoms with Gasteiger partial charge in [-0.1, -0.05) is 48.4 Å². The molecule has 0 amide bonds. The van der Waals surface area contributed by atoms with Crippen molar-refractivity contribution >= 4 is 24.0 Å². The van der Waals surface area contributed by atoms with Gasteiger partial charge in [0.2, 0.25) is 0 Å². The lowest BCUT2D eigenvalue weighted by Crippen LogP contribution is -2.42. The Bertz CT molecular complexity index is 212. The highest BCUT2D eigenvalue weighted by atomic mass is 79.9. The van der Waals surface area contributed by atoms with Gasteiger partial charge in [0, 0.05) is 4.45 Å². The molecular weight excluding hydrogens is 268 g/mol. The predicted molar refractivity (Wildman–Crippen MR) is 71.3 cm³/mol. The van der Waals surface area contributed by atoms with Gasteiger partial charge in [-0.25, -0.2) is 0 Å². The molecule has 0 bridgehead atoms. The molecule has 0 aromatic carbocycles. The Kier molecular flexibility index (Phi) is 3.63. The molecule has 0 spiro atoms. The summed E-state index contributed by atoms with van der Waals surface area (Å²) in [5, 5.41) is 0. The molecule has 0 radical (unpaired) electrons. The van der Waals surface area contributed by atoms with E-state index in [0.717, 1.165) is 5.92 Å². The van der Waals surface area contributed by atoms with Crippen molar-refractivity contribution < 1.29 is 4.74 Å². The Hall–Kier alpha value is 0.657. The maximum absolute atomic E-state index is 6.24. The lowest BCUT2D eigenvalue weighted by Gasteiger charge is -2.28. The summed E-state index contributed by atoms with van der Waals surface area (Å²) in [6.07, 6.45) is 7.94. The van der Waals surface area contributed by atoms with Gasteiger partial charge < -0.3 is 4.74 Å². The Morgan fingerprint density at radius 2 is 1.87 bits per heavy atom. The standard InChI is InChI=1S/C12H23BrOSi/c1-15(2,3)12(13)11-8-9-6-4-5-7-10(9)14-11/h9-12H,4-8H2,1-3H3/t9-,10+,11+,12-/m0/s1. The van der Waals surface area contributed by atoms with Crippen LogP contribution in [0, 0.1) is 5.92 Å². The van der Waals surface area contributed by atoms with Crippen LogP contribution in [-0.2, 0) is 4.74 Å². The Labute approximate surface area is 103 Å². The van der Waals surface area contributed by atoms with Crippen LogP contribution in [0.4, 0.5) is 0 Å². The summed E-state index contributed by atoms with van der Waals surface area (Å²) in [4.78, 5) is 0. The van der Waals surface area contributed by atoms with E-state index < -0.39 is 8.07 Å². The molecule has 0 N–H and O–H groups in total. The zero-order chi connectivity index (χ0) is 11.1. The number of ether oxygens (including phenoxy) is 1. The van der Waals surface area contributed by atoms with Gasteiger partial charge in [0.1, 0.15) is 0 Å². The number of alkyl halides is 1. The minimum absolute atomic E-state index is 0.504. The molecule has 1 heterocycles. The van der Waals surface area contributed by atoms with Crippen LogP contribution in [0.5, 0.6) is 0 Å². The fourth-order valence-electron chi connectivity index (χ4n) is 2.95. The average Bonchev–Trinajstić information content (AvgIpc) is 2.58. The first-order valence-corrected chi connectivity index (χ1v) is 10.8. The van der Waals surface area contributed by atoms with Crippen LogP contribution in [0.2, 0.25) is 19.6 Å². The molecule has 0 unspecified atom stereocenters. The van der Waals surface area contributed by atoms with E-state index in [0.29, 0.717) is 16.7 Å². The van der Waals surface area contributed by atoms with Gasteiger partial charge in [0.05, 0.1) is 20.3 Å². The van der Waals surface area contributed by atoms with Gasteiger partial charge in [-0.2, -0.15) is 0 Å². The number of fused-ring (bicyclic) bond motifs is 1. The zero-order valence-corrected chi connectivity index (χ0v) is 12.7. The van der Waals surface area contributed by atoms with Crippen LogP contribution in [0.25, 0.3) is 0 Å². The molecule has 1 saturated heterocycles. The molecule has 4 atom stereocenters. The van der Waals surface area contributed by atoms with Crippen molar-refractivity contribution in [3.05, 3.63) is 0 Å². The van der Waals surface area contributed by atoms with E-state index in [-0.39, 0.29) is 0 Å². The molecule has 15 heavy (non-hydrogen) atoms. The van der Waals surface area contributed by atoms with Crippen molar-refractivity contribution in [2.24, 2.45) is 5.92 Å². The third-order valence-corrected chi connectivity index (χ3v) is 10.6. The summed E-state index contributed by atoms with van der Waals surface area (Å²) in [6.45, 7) is 7.28. The molecular formula is C12H23BrOSi. The van der Waals surface area contributed by atoms with Gasteiger partial charge in [-0.15, -0.1) is 0 Å². The first-order valence-electron chi connectivity index (χ1n) is 6.28. The summed E-state index contributed by atoms with van der Waals surface area (Å²) < 4.78 is 6.88. The normalized spacial score (nSPS) is 38.8. The smallest absolute Gasteiger partial charge is 0.0682 e. The molecule has 1 aliphatic heterocycles. The molecule has 1 nitrogen and oxygen atoms in total. The van der Waals surface area contributed by atoms with Gasteiger partial charge >= 0.3 is 0 Å². The highest BCUT2D eigenvalue weighted by molar-refractivity contribution is 9.10. The summed E-state index contributed by atoms with van der Waals surface area (Å²) in [5.74, 6) is 0.875. The minimum atomic E-state index is -1.10. The van der Waals surface area contributed by atoms with Gasteiger partial charge in [-0.05, 0) is 25.2 Å². The van der Waals surface area contributed by atoms with Crippen LogP contribution in [0.1, 0.15) is 32.1 Å². The second-order valence-electron chi connectivity index (χ2n) is 6.26. The maximum atomic E-state index is 6.24. The number of halogens is 1. The summed E-state index contributed by atoms with van der Waals surface area (Å²) in [6, 6.07) is 0. The molecule has 88 valence electrons. The SMILES string of the molecule is C[Si](C)(C)[C@H](Br)[C@H]1C[C@@H]2CCCC[C@H]2O1. The van der Waals surface area contributed by atoms with E-state index in [4.69, 9.17) is 4.74 Å². The van der Waals surface area contributed by atoms with Crippen LogP contribution < -0.4 is 0 Å². The molecule has 2 aliphatic rings. The molecule has 1 aliphatic carbocycles. The van der Waals surface area contributed by atoms with Gasteiger partial charge in [0.25, 0.3) is 0 Å². The molecule has 2 rings (SSSR count). The topological polar surface area (TPSA) is 9.23 Å². The average molecular weight is 291 g/mol. The maximum Gasteiger partial charge on any atom is 0.0682 e. The third-order valence-electron chi connectivity index (χ3n) is 3.88. The second-order valence-corrected chi connectivity index (χ2v) is 13.4. The van der Waals surface area contributed by atoms with E-state index >= 15 is 0 Å². The van der Waals surface area contributed by atoms with Crippen molar-refractivity contribution in [1.29, 1.82) is 0 Å². The van der Waals surface area contributed by atoms with Crippen LogP contribution in [0.15, 0.2) is 0 Å². The second kappa shape index (κ2) is 4.50. The highest BCUT2D eigenvalue weighted by Crippen LogP contribution is 2.41. The summed E-state index contributed by atoms with van der Waals surface area (Å²) >= 11 is 3.90. The number of rotatable bonds is 2. The van der Waals surface area contributed by atoms with Crippen LogP contribution >= 0.6 is 15.9 Å². The van der Waals surface area contributed by atoms with E-state index in [2.05, 4.69) is 35.6 Å². The first-order chi connectivity index (χ1) is 6.98.